The largest absolute Gasteiger partial charge is 0.481 e. The summed E-state index contributed by atoms with van der Waals surface area (Å²) in [5.74, 6) is 0.843. The molecule has 6 nitrogen and oxygen atoms in total. The third-order valence-electron chi connectivity index (χ3n) is 4.23. The molecule has 0 aliphatic heterocycles. The van der Waals surface area contributed by atoms with E-state index in [1.165, 1.54) is 24.9 Å². The van der Waals surface area contributed by atoms with E-state index in [-0.39, 0.29) is 11.7 Å². The maximum atomic E-state index is 13.7. The number of nitrogens with zero attached hydrogens (tertiary/aromatic N) is 1. The summed E-state index contributed by atoms with van der Waals surface area (Å²) >= 11 is 7.45. The number of ether oxygens (including phenoxy) is 1. The summed E-state index contributed by atoms with van der Waals surface area (Å²) in [5.41, 5.74) is 0.950. The zero-order chi connectivity index (χ0) is 22.3. The first-order chi connectivity index (χ1) is 14.1. The molecule has 0 radical (unpaired) electrons. The Morgan fingerprint density at radius 2 is 1.93 bits per heavy atom. The minimum absolute atomic E-state index is 0.281. The van der Waals surface area contributed by atoms with Crippen LogP contribution in [0.3, 0.4) is 0 Å². The number of hydrogen-bond acceptors (Lipinski definition) is 5. The normalized spacial score (nSPS) is 12.3. The van der Waals surface area contributed by atoms with Gasteiger partial charge in [0, 0.05) is 35.7 Å². The number of halogens is 2. The molecule has 2 aromatic rings. The van der Waals surface area contributed by atoms with Gasteiger partial charge in [-0.15, -0.1) is 0 Å². The van der Waals surface area contributed by atoms with Gasteiger partial charge in [0.25, 0.3) is 5.91 Å². The second kappa shape index (κ2) is 10.9. The summed E-state index contributed by atoms with van der Waals surface area (Å²) in [5, 5.41) is 3.16. The highest BCUT2D eigenvalue weighted by Crippen LogP contribution is 2.24. The van der Waals surface area contributed by atoms with Crippen molar-refractivity contribution in [3.8, 4) is 5.75 Å². The van der Waals surface area contributed by atoms with Crippen molar-refractivity contribution in [1.29, 1.82) is 0 Å². The van der Waals surface area contributed by atoms with Crippen molar-refractivity contribution in [2.45, 2.75) is 18.8 Å². The van der Waals surface area contributed by atoms with Crippen LogP contribution in [0.15, 0.2) is 42.5 Å². The predicted molar refractivity (Wildman–Crippen MR) is 120 cm³/mol. The smallest absolute Gasteiger partial charge is 0.260 e. The molecule has 0 fully saturated rings. The van der Waals surface area contributed by atoms with Gasteiger partial charge < -0.3 is 10.1 Å². The van der Waals surface area contributed by atoms with Crippen molar-refractivity contribution < 1.29 is 22.3 Å². The van der Waals surface area contributed by atoms with Crippen LogP contribution in [0.25, 0.3) is 0 Å². The maximum Gasteiger partial charge on any atom is 0.260 e. The number of anilines is 1. The lowest BCUT2D eigenvalue weighted by atomic mass is 10.2. The Labute approximate surface area is 185 Å². The molecule has 10 heteroatoms. The van der Waals surface area contributed by atoms with E-state index in [0.29, 0.717) is 40.1 Å². The highest BCUT2D eigenvalue weighted by molar-refractivity contribution is 7.98. The summed E-state index contributed by atoms with van der Waals surface area (Å²) < 4.78 is 43.6. The van der Waals surface area contributed by atoms with E-state index < -0.39 is 16.1 Å². The molecule has 0 saturated carbocycles. The molecule has 30 heavy (non-hydrogen) atoms. The van der Waals surface area contributed by atoms with Gasteiger partial charge in [0.05, 0.1) is 11.9 Å². The van der Waals surface area contributed by atoms with E-state index in [1.54, 1.807) is 43.3 Å². The first-order valence-electron chi connectivity index (χ1n) is 9.08. The van der Waals surface area contributed by atoms with Crippen molar-refractivity contribution in [3.63, 3.8) is 0 Å². The van der Waals surface area contributed by atoms with Crippen LogP contribution >= 0.6 is 23.4 Å². The predicted octanol–water partition coefficient (Wildman–Crippen LogP) is 3.69. The van der Waals surface area contributed by atoms with Crippen molar-refractivity contribution in [1.82, 2.24) is 5.32 Å². The number of thioether (sulfide) groups is 1. The minimum atomic E-state index is -3.34. The first kappa shape index (κ1) is 24.3. The zero-order valence-electron chi connectivity index (χ0n) is 16.9. The van der Waals surface area contributed by atoms with Crippen LogP contribution in [-0.2, 0) is 20.6 Å². The van der Waals surface area contributed by atoms with E-state index in [1.807, 2.05) is 0 Å². The Morgan fingerprint density at radius 3 is 2.53 bits per heavy atom. The van der Waals surface area contributed by atoms with E-state index >= 15 is 0 Å². The van der Waals surface area contributed by atoms with Crippen molar-refractivity contribution in [3.05, 3.63) is 58.9 Å². The fourth-order valence-electron chi connectivity index (χ4n) is 2.42. The van der Waals surface area contributed by atoms with Crippen LogP contribution in [0.5, 0.6) is 5.75 Å². The Morgan fingerprint density at radius 1 is 1.27 bits per heavy atom. The Bertz CT molecular complexity index is 951. The number of benzene rings is 2. The molecule has 0 spiro atoms. The van der Waals surface area contributed by atoms with Gasteiger partial charge in [-0.3, -0.25) is 9.10 Å². The van der Waals surface area contributed by atoms with Crippen LogP contribution in [0.4, 0.5) is 10.1 Å². The van der Waals surface area contributed by atoms with E-state index in [0.717, 1.165) is 10.6 Å². The Kier molecular flexibility index (Phi) is 8.81. The Balaban J connectivity index is 1.75. The van der Waals surface area contributed by atoms with E-state index in [2.05, 4.69) is 5.32 Å². The summed E-state index contributed by atoms with van der Waals surface area (Å²) in [4.78, 5) is 12.2. The number of amides is 1. The van der Waals surface area contributed by atoms with Crippen molar-refractivity contribution in [2.75, 3.05) is 29.9 Å². The van der Waals surface area contributed by atoms with Crippen molar-refractivity contribution in [2.24, 2.45) is 0 Å². The van der Waals surface area contributed by atoms with Crippen LogP contribution in [0.2, 0.25) is 5.02 Å². The average molecular weight is 475 g/mol. The lowest BCUT2D eigenvalue weighted by Crippen LogP contribution is -2.37. The van der Waals surface area contributed by atoms with Gasteiger partial charge in [0.1, 0.15) is 11.6 Å². The highest BCUT2D eigenvalue weighted by Gasteiger charge is 2.16. The monoisotopic (exact) mass is 474 g/mol. The summed E-state index contributed by atoms with van der Waals surface area (Å²) in [6.07, 6.45) is 0.391. The van der Waals surface area contributed by atoms with E-state index in [9.17, 15) is 17.6 Å². The molecule has 1 N–H and O–H groups in total. The maximum absolute atomic E-state index is 13.7. The number of nitrogens with one attached hydrogen (secondary N) is 1. The molecule has 0 aromatic heterocycles. The van der Waals surface area contributed by atoms with Crippen LogP contribution in [0, 0.1) is 5.82 Å². The number of carbonyl (C=O) groups excluding carboxylic acids is 1. The quantitative estimate of drug-likeness (QED) is 0.531. The summed E-state index contributed by atoms with van der Waals surface area (Å²) in [7, 11) is -1.89. The summed E-state index contributed by atoms with van der Waals surface area (Å²) in [6, 6.07) is 11.0. The SMILES string of the molecule is C[C@H](Oc1ccc(N(C)S(C)(=O)=O)cc1)C(=O)NCCSCc1c(F)cccc1Cl. The average Bonchev–Trinajstić information content (AvgIpc) is 2.68. The molecule has 0 heterocycles. The fraction of sp³-hybridized carbons (Fsp3) is 0.350. The van der Waals surface area contributed by atoms with Gasteiger partial charge in [-0.25, -0.2) is 12.8 Å². The lowest BCUT2D eigenvalue weighted by molar-refractivity contribution is -0.127. The number of sulfonamides is 1. The Hall–Kier alpha value is -1.97. The number of carbonyl (C=O) groups is 1. The third-order valence-corrected chi connectivity index (χ3v) is 6.78. The standard InChI is InChI=1S/C20H24ClFN2O4S2/c1-14(28-16-9-7-15(8-10-16)24(2)30(3,26)27)20(25)23-11-12-29-13-17-18(21)5-4-6-19(17)22/h4-10,14H,11-13H2,1-3H3,(H,23,25)/t14-/m0/s1. The molecule has 0 aliphatic carbocycles. The molecule has 0 aliphatic rings. The minimum Gasteiger partial charge on any atom is -0.481 e. The fourth-order valence-corrected chi connectivity index (χ4v) is 4.12. The second-order valence-corrected chi connectivity index (χ2v) is 10.1. The zero-order valence-corrected chi connectivity index (χ0v) is 19.3. The van der Waals surface area contributed by atoms with Gasteiger partial charge in [-0.05, 0) is 43.3 Å². The second-order valence-electron chi connectivity index (χ2n) is 6.53. The van der Waals surface area contributed by atoms with Gasteiger partial charge in [-0.1, -0.05) is 17.7 Å². The first-order valence-corrected chi connectivity index (χ1v) is 12.5. The topological polar surface area (TPSA) is 75.7 Å². The van der Waals surface area contributed by atoms with Crippen molar-refractivity contribution >= 4 is 45.0 Å². The molecule has 1 atom stereocenters. The third kappa shape index (κ3) is 7.07. The molecule has 2 rings (SSSR count). The van der Waals surface area contributed by atoms with Crippen LogP contribution in [-0.4, -0.2) is 46.0 Å². The van der Waals surface area contributed by atoms with E-state index in [4.69, 9.17) is 16.3 Å². The van der Waals surface area contributed by atoms with Crippen LogP contribution < -0.4 is 14.4 Å². The molecule has 0 unspecified atom stereocenters. The molecular formula is C20H24ClFN2O4S2. The molecule has 164 valence electrons. The van der Waals surface area contributed by atoms with Gasteiger partial charge in [0.15, 0.2) is 6.10 Å². The lowest BCUT2D eigenvalue weighted by Gasteiger charge is -2.18. The van der Waals surface area contributed by atoms with Crippen LogP contribution in [0.1, 0.15) is 12.5 Å². The van der Waals surface area contributed by atoms with Gasteiger partial charge >= 0.3 is 0 Å². The molecule has 0 saturated heterocycles. The highest BCUT2D eigenvalue weighted by atomic mass is 35.5. The molecule has 2 aromatic carbocycles. The van der Waals surface area contributed by atoms with Gasteiger partial charge in [-0.2, -0.15) is 11.8 Å². The number of hydrogen-bond donors (Lipinski definition) is 1. The molecular weight excluding hydrogens is 451 g/mol. The molecule has 0 bridgehead atoms. The summed E-state index contributed by atoms with van der Waals surface area (Å²) in [6.45, 7) is 2.03. The molecule has 1 amide bonds. The van der Waals surface area contributed by atoms with Gasteiger partial charge in [0.2, 0.25) is 10.0 Å². The number of rotatable bonds is 10.